The van der Waals surface area contributed by atoms with Crippen LogP contribution in [0.25, 0.3) is 10.8 Å². The topological polar surface area (TPSA) is 137 Å². The van der Waals surface area contributed by atoms with Crippen LogP contribution in [0, 0.1) is 0 Å². The van der Waals surface area contributed by atoms with Crippen LogP contribution in [0.3, 0.4) is 0 Å². The van der Waals surface area contributed by atoms with Crippen molar-refractivity contribution in [2.45, 2.75) is 61.2 Å². The Morgan fingerprint density at radius 3 is 2.59 bits per heavy atom. The lowest BCUT2D eigenvalue weighted by molar-refractivity contribution is -0.777. The molecule has 0 fully saturated rings. The van der Waals surface area contributed by atoms with Crippen molar-refractivity contribution in [1.82, 2.24) is 0 Å². The second-order valence-electron chi connectivity index (χ2n) is 7.82. The molecule has 32 heavy (non-hydrogen) atoms. The number of fused-ring (bicyclic) bond motifs is 3. The van der Waals surface area contributed by atoms with Crippen LogP contribution in [0.1, 0.15) is 51.5 Å². The van der Waals surface area contributed by atoms with E-state index >= 15 is 0 Å². The molecule has 0 aliphatic carbocycles. The van der Waals surface area contributed by atoms with Crippen LogP contribution in [0.5, 0.6) is 0 Å². The summed E-state index contributed by atoms with van der Waals surface area (Å²) in [5.74, 6) is -0.244. The van der Waals surface area contributed by atoms with Gasteiger partial charge in [-0.3, -0.25) is 14.8 Å². The molecule has 3 rings (SSSR count). The van der Waals surface area contributed by atoms with E-state index in [0.717, 1.165) is 30.2 Å². The molecule has 0 spiro atoms. The zero-order valence-corrected chi connectivity index (χ0v) is 19.5. The zero-order chi connectivity index (χ0) is 23.5. The molecule has 11 heteroatoms. The molecule has 2 aromatic rings. The van der Waals surface area contributed by atoms with Crippen molar-refractivity contribution in [2.75, 3.05) is 7.11 Å². The first-order chi connectivity index (χ1) is 15.1. The Balaban J connectivity index is 2.02. The van der Waals surface area contributed by atoms with Crippen molar-refractivity contribution >= 4 is 50.3 Å². The number of rotatable bonds is 10. The molecule has 1 atom stereocenters. The molecule has 0 amide bonds. The highest BCUT2D eigenvalue weighted by molar-refractivity contribution is 7.94. The maximum Gasteiger partial charge on any atom is 0.305 e. The summed E-state index contributed by atoms with van der Waals surface area (Å²) >= 11 is 0.537. The van der Waals surface area contributed by atoms with Crippen LogP contribution in [0.4, 0.5) is 5.69 Å². The van der Waals surface area contributed by atoms with Crippen LogP contribution >= 0.6 is 12.0 Å². The van der Waals surface area contributed by atoms with E-state index in [-0.39, 0.29) is 10.9 Å². The Labute approximate surface area is 190 Å². The van der Waals surface area contributed by atoms with E-state index < -0.39 is 20.4 Å². The summed E-state index contributed by atoms with van der Waals surface area (Å²) in [7, 11) is -3.40. The number of carbonyl (C=O) groups excluding carboxylic acids is 1. The van der Waals surface area contributed by atoms with E-state index in [1.807, 2.05) is 19.9 Å². The first kappa shape index (κ1) is 24.6. The fraction of sp³-hybridized carbons (Fsp3) is 0.429. The number of hydrogen-bond donors (Lipinski definition) is 0. The highest BCUT2D eigenvalue weighted by atomic mass is 32.2. The average Bonchev–Trinajstić information content (AvgIpc) is 3.01. The largest absolute Gasteiger partial charge is 0.744 e. The van der Waals surface area contributed by atoms with Crippen molar-refractivity contribution < 1.29 is 37.1 Å². The first-order valence-corrected chi connectivity index (χ1v) is 12.1. The molecule has 2 aromatic carbocycles. The standard InChI is InChI=1S/C21H25NO8S2/c1-13-21(2,10-6-4-5-7-19(23)28-3)20-16-11-14(32(25,26)27)12-18(31-30-29-24)15(16)8-9-17(20)22-13/h8-9,11-12,24H,4-7,10H2,1-3H3,(H,25,26,27)/p-2. The van der Waals surface area contributed by atoms with Gasteiger partial charge in [0.15, 0.2) is 0 Å². The van der Waals surface area contributed by atoms with E-state index in [1.165, 1.54) is 13.2 Å². The second-order valence-corrected chi connectivity index (χ2v) is 9.94. The maximum absolute atomic E-state index is 11.8. The summed E-state index contributed by atoms with van der Waals surface area (Å²) in [5.41, 5.74) is 1.89. The summed E-state index contributed by atoms with van der Waals surface area (Å²) in [4.78, 5) is 15.8. The number of nitrogens with zero attached hydrogens (tertiary/aromatic N) is 1. The third kappa shape index (κ3) is 4.98. The molecule has 9 nitrogen and oxygen atoms in total. The van der Waals surface area contributed by atoms with Crippen LogP contribution in [-0.2, 0) is 34.4 Å². The number of esters is 1. The van der Waals surface area contributed by atoms with Crippen molar-refractivity contribution in [2.24, 2.45) is 4.99 Å². The minimum Gasteiger partial charge on any atom is -0.744 e. The fourth-order valence-electron chi connectivity index (χ4n) is 4.12. The van der Waals surface area contributed by atoms with E-state index in [1.54, 1.807) is 6.07 Å². The average molecular weight is 482 g/mol. The van der Waals surface area contributed by atoms with Gasteiger partial charge >= 0.3 is 5.97 Å². The minimum absolute atomic E-state index is 0.244. The molecule has 1 unspecified atom stereocenters. The van der Waals surface area contributed by atoms with Gasteiger partial charge in [0.05, 0.1) is 29.7 Å². The highest BCUT2D eigenvalue weighted by Crippen LogP contribution is 2.48. The van der Waals surface area contributed by atoms with Gasteiger partial charge in [-0.1, -0.05) is 25.8 Å². The molecular formula is C21H23NO8S2-2. The molecule has 0 bridgehead atoms. The minimum atomic E-state index is -4.76. The Bertz CT molecular complexity index is 1160. The molecule has 174 valence electrons. The summed E-state index contributed by atoms with van der Waals surface area (Å²) < 4.78 is 44.4. The predicted molar refractivity (Wildman–Crippen MR) is 115 cm³/mol. The molecule has 1 aliphatic rings. The van der Waals surface area contributed by atoms with Crippen LogP contribution in [-0.4, -0.2) is 31.8 Å². The van der Waals surface area contributed by atoms with Crippen LogP contribution < -0.4 is 5.26 Å². The molecule has 0 saturated heterocycles. The Morgan fingerprint density at radius 2 is 1.94 bits per heavy atom. The van der Waals surface area contributed by atoms with Gasteiger partial charge < -0.3 is 14.5 Å². The Hall–Kier alpha value is -2.02. The molecule has 0 saturated carbocycles. The second kappa shape index (κ2) is 9.86. The molecule has 0 aromatic heterocycles. The third-order valence-corrected chi connectivity index (χ3v) is 7.37. The molecule has 0 radical (unpaired) electrons. The lowest BCUT2D eigenvalue weighted by Gasteiger charge is -2.28. The van der Waals surface area contributed by atoms with Crippen molar-refractivity contribution in [1.29, 1.82) is 0 Å². The highest BCUT2D eigenvalue weighted by Gasteiger charge is 2.38. The van der Waals surface area contributed by atoms with E-state index in [2.05, 4.69) is 19.1 Å². The number of ether oxygens (including phenoxy) is 1. The van der Waals surface area contributed by atoms with Gasteiger partial charge in [-0.15, -0.1) is 0 Å². The molecule has 1 aliphatic heterocycles. The van der Waals surface area contributed by atoms with Gasteiger partial charge in [0.1, 0.15) is 10.1 Å². The van der Waals surface area contributed by atoms with E-state index in [9.17, 15) is 23.0 Å². The number of methoxy groups -OCH3 is 1. The van der Waals surface area contributed by atoms with Crippen LogP contribution in [0.2, 0.25) is 0 Å². The van der Waals surface area contributed by atoms with Gasteiger partial charge in [0.2, 0.25) is 0 Å². The fourth-order valence-corrected chi connectivity index (χ4v) is 5.26. The summed E-state index contributed by atoms with van der Waals surface area (Å²) in [6.07, 6.45) is 3.39. The maximum atomic E-state index is 11.8. The van der Waals surface area contributed by atoms with Gasteiger partial charge in [-0.2, -0.15) is 4.33 Å². The molecular weight excluding hydrogens is 458 g/mol. The van der Waals surface area contributed by atoms with Crippen molar-refractivity contribution in [3.63, 3.8) is 0 Å². The number of carbonyl (C=O) groups is 1. The van der Waals surface area contributed by atoms with Crippen molar-refractivity contribution in [3.8, 4) is 0 Å². The normalized spacial score (nSPS) is 18.0. The summed E-state index contributed by atoms with van der Waals surface area (Å²) in [6.45, 7) is 3.94. The monoisotopic (exact) mass is 481 g/mol. The SMILES string of the molecule is COC(=O)CCCCCC1(C)C(C)=Nc2ccc3c(SOO[O-])cc(S(=O)(=O)[O-])cc3c21. The molecule has 1 heterocycles. The Morgan fingerprint density at radius 1 is 1.19 bits per heavy atom. The van der Waals surface area contributed by atoms with Gasteiger partial charge in [0.25, 0.3) is 0 Å². The predicted octanol–water partition coefficient (Wildman–Crippen LogP) is 3.46. The lowest BCUT2D eigenvalue weighted by Crippen LogP contribution is -2.27. The number of hydrogen-bond acceptors (Lipinski definition) is 10. The molecule has 0 N–H and O–H groups in total. The van der Waals surface area contributed by atoms with Gasteiger partial charge in [0, 0.05) is 22.4 Å². The first-order valence-electron chi connectivity index (χ1n) is 9.94. The van der Waals surface area contributed by atoms with E-state index in [4.69, 9.17) is 0 Å². The summed E-state index contributed by atoms with van der Waals surface area (Å²) in [5, 5.41) is 14.9. The third-order valence-electron chi connectivity index (χ3n) is 5.91. The van der Waals surface area contributed by atoms with Crippen LogP contribution in [0.15, 0.2) is 39.0 Å². The quantitative estimate of drug-likeness (QED) is 0.125. The zero-order valence-electron chi connectivity index (χ0n) is 17.9. The van der Waals surface area contributed by atoms with Gasteiger partial charge in [-0.05, 0) is 54.3 Å². The summed E-state index contributed by atoms with van der Waals surface area (Å²) in [6, 6.07) is 6.07. The number of benzene rings is 2. The number of unbranched alkanes of at least 4 members (excludes halogenated alkanes) is 2. The van der Waals surface area contributed by atoms with Gasteiger partial charge in [-0.25, -0.2) is 8.42 Å². The lowest BCUT2D eigenvalue weighted by atomic mass is 9.74. The van der Waals surface area contributed by atoms with E-state index in [0.29, 0.717) is 47.8 Å². The Kier molecular flexibility index (Phi) is 7.58. The smallest absolute Gasteiger partial charge is 0.305 e. The van der Waals surface area contributed by atoms with Crippen molar-refractivity contribution in [3.05, 3.63) is 29.8 Å². The number of aliphatic imine (C=N–C) groups is 1.